The van der Waals surface area contributed by atoms with E-state index in [1.165, 1.54) is 12.1 Å². The maximum Gasteiger partial charge on any atom is 0.137 e. The summed E-state index contributed by atoms with van der Waals surface area (Å²) in [7, 11) is 1.55. The Balaban J connectivity index is 2.46. The molecule has 6 heteroatoms. The normalized spacial score (nSPS) is 12.2. The van der Waals surface area contributed by atoms with Crippen LogP contribution in [0.15, 0.2) is 40.9 Å². The highest BCUT2D eigenvalue weighted by Gasteiger charge is 2.17. The molecule has 0 aliphatic heterocycles. The monoisotopic (exact) mass is 358 g/mol. The van der Waals surface area contributed by atoms with E-state index in [-0.39, 0.29) is 11.9 Å². The van der Waals surface area contributed by atoms with E-state index in [2.05, 4.69) is 21.4 Å². The van der Waals surface area contributed by atoms with Crippen LogP contribution in [0.2, 0.25) is 5.02 Å². The van der Waals surface area contributed by atoms with Crippen molar-refractivity contribution in [1.29, 1.82) is 0 Å². The van der Waals surface area contributed by atoms with E-state index < -0.39 is 0 Å². The molecule has 0 saturated heterocycles. The largest absolute Gasteiger partial charge is 0.495 e. The van der Waals surface area contributed by atoms with Crippen molar-refractivity contribution in [3.05, 3.63) is 62.8 Å². The van der Waals surface area contributed by atoms with Crippen LogP contribution in [0.25, 0.3) is 0 Å². The number of hydrogen-bond acceptors (Lipinski definition) is 3. The second kappa shape index (κ2) is 6.54. The third-order valence-corrected chi connectivity index (χ3v) is 3.95. The summed E-state index contributed by atoms with van der Waals surface area (Å²) in [5, 5.41) is 0.519. The zero-order chi connectivity index (χ0) is 14.7. The topological polar surface area (TPSA) is 47.3 Å². The molecular weight excluding hydrogens is 347 g/mol. The molecule has 0 bridgehead atoms. The quantitative estimate of drug-likeness (QED) is 0.645. The van der Waals surface area contributed by atoms with Crippen molar-refractivity contribution < 1.29 is 9.13 Å². The van der Waals surface area contributed by atoms with Gasteiger partial charge in [0.25, 0.3) is 0 Å². The second-order valence-electron chi connectivity index (χ2n) is 4.16. The van der Waals surface area contributed by atoms with Gasteiger partial charge in [-0.1, -0.05) is 39.7 Å². The van der Waals surface area contributed by atoms with E-state index in [1.54, 1.807) is 25.3 Å². The molecule has 0 radical (unpaired) electrons. The zero-order valence-corrected chi connectivity index (χ0v) is 13.0. The van der Waals surface area contributed by atoms with Crippen LogP contribution in [-0.4, -0.2) is 7.11 Å². The van der Waals surface area contributed by atoms with Gasteiger partial charge in [-0.15, -0.1) is 0 Å². The van der Waals surface area contributed by atoms with E-state index in [1.807, 2.05) is 6.07 Å². The van der Waals surface area contributed by atoms with Crippen LogP contribution in [0.4, 0.5) is 4.39 Å². The third-order valence-electron chi connectivity index (χ3n) is 2.95. The highest BCUT2D eigenvalue weighted by atomic mass is 79.9. The number of nitrogens with two attached hydrogens (primary N) is 1. The SMILES string of the molecule is COc1cc(C(NN)c2ccc(F)cc2Br)ccc1Cl. The predicted molar refractivity (Wildman–Crippen MR) is 81.3 cm³/mol. The molecule has 0 spiro atoms. The highest BCUT2D eigenvalue weighted by molar-refractivity contribution is 9.10. The van der Waals surface area contributed by atoms with Gasteiger partial charge in [-0.3, -0.25) is 5.84 Å². The molecule has 2 aromatic rings. The summed E-state index contributed by atoms with van der Waals surface area (Å²) in [6.07, 6.45) is 0. The standard InChI is InChI=1S/C14H13BrClFN2O/c1-20-13-6-8(2-5-12(13)16)14(19-18)10-4-3-9(17)7-11(10)15/h2-7,14,19H,18H2,1H3. The first-order valence-corrected chi connectivity index (χ1v) is 6.98. The minimum absolute atomic E-state index is 0.309. The lowest BCUT2D eigenvalue weighted by Crippen LogP contribution is -2.29. The Labute approximate surface area is 130 Å². The van der Waals surface area contributed by atoms with Gasteiger partial charge in [0.05, 0.1) is 18.2 Å². The number of benzene rings is 2. The molecule has 1 atom stereocenters. The van der Waals surface area contributed by atoms with Crippen LogP contribution >= 0.6 is 27.5 Å². The summed E-state index contributed by atoms with van der Waals surface area (Å²) >= 11 is 9.35. The molecule has 20 heavy (non-hydrogen) atoms. The summed E-state index contributed by atoms with van der Waals surface area (Å²) < 4.78 is 19.0. The molecule has 2 rings (SSSR count). The Morgan fingerprint density at radius 1 is 1.30 bits per heavy atom. The molecule has 3 nitrogen and oxygen atoms in total. The number of hydrogen-bond donors (Lipinski definition) is 2. The van der Waals surface area contributed by atoms with E-state index in [4.69, 9.17) is 22.2 Å². The van der Waals surface area contributed by atoms with Gasteiger partial charge in [0.15, 0.2) is 0 Å². The smallest absolute Gasteiger partial charge is 0.137 e. The van der Waals surface area contributed by atoms with E-state index in [0.717, 1.165) is 11.1 Å². The van der Waals surface area contributed by atoms with Crippen LogP contribution in [0.5, 0.6) is 5.75 Å². The fourth-order valence-electron chi connectivity index (χ4n) is 1.96. The number of hydrazine groups is 1. The molecule has 3 N–H and O–H groups in total. The maximum atomic E-state index is 13.2. The van der Waals surface area contributed by atoms with Crippen LogP contribution in [0.1, 0.15) is 17.2 Å². The van der Waals surface area contributed by atoms with Crippen molar-refractivity contribution in [3.63, 3.8) is 0 Å². The lowest BCUT2D eigenvalue weighted by atomic mass is 9.99. The molecule has 0 amide bonds. The molecule has 0 aliphatic carbocycles. The number of ether oxygens (including phenoxy) is 1. The molecule has 2 aromatic carbocycles. The van der Waals surface area contributed by atoms with Gasteiger partial charge >= 0.3 is 0 Å². The average Bonchev–Trinajstić information content (AvgIpc) is 2.43. The molecule has 0 aromatic heterocycles. The summed E-state index contributed by atoms with van der Waals surface area (Å²) in [5.41, 5.74) is 4.39. The van der Waals surface area contributed by atoms with Gasteiger partial charge in [-0.25, -0.2) is 9.82 Å². The molecule has 106 valence electrons. The van der Waals surface area contributed by atoms with E-state index in [0.29, 0.717) is 15.2 Å². The van der Waals surface area contributed by atoms with E-state index >= 15 is 0 Å². The summed E-state index contributed by atoms with van der Waals surface area (Å²) in [5.74, 6) is 5.88. The van der Waals surface area contributed by atoms with Gasteiger partial charge in [0.1, 0.15) is 11.6 Å². The molecular formula is C14H13BrClFN2O. The average molecular weight is 360 g/mol. The van der Waals surface area contributed by atoms with Crippen LogP contribution in [-0.2, 0) is 0 Å². The van der Waals surface area contributed by atoms with Gasteiger partial charge in [0, 0.05) is 4.47 Å². The second-order valence-corrected chi connectivity index (χ2v) is 5.42. The molecule has 1 unspecified atom stereocenters. The first-order valence-electron chi connectivity index (χ1n) is 5.81. The Morgan fingerprint density at radius 3 is 2.65 bits per heavy atom. The van der Waals surface area contributed by atoms with Crippen molar-refractivity contribution in [2.75, 3.05) is 7.11 Å². The first kappa shape index (κ1) is 15.3. The van der Waals surface area contributed by atoms with Crippen LogP contribution in [0.3, 0.4) is 0 Å². The van der Waals surface area contributed by atoms with E-state index in [9.17, 15) is 4.39 Å². The molecule has 0 heterocycles. The Bertz CT molecular complexity index is 624. The van der Waals surface area contributed by atoms with Crippen molar-refractivity contribution in [1.82, 2.24) is 5.43 Å². The van der Waals surface area contributed by atoms with Crippen molar-refractivity contribution in [2.24, 2.45) is 5.84 Å². The lowest BCUT2D eigenvalue weighted by Gasteiger charge is -2.19. The van der Waals surface area contributed by atoms with Crippen molar-refractivity contribution in [2.45, 2.75) is 6.04 Å². The number of halogens is 3. The summed E-state index contributed by atoms with van der Waals surface area (Å²) in [4.78, 5) is 0. The van der Waals surface area contributed by atoms with Crippen LogP contribution in [0, 0.1) is 5.82 Å². The summed E-state index contributed by atoms with van der Waals surface area (Å²) in [6, 6.07) is 9.51. The number of rotatable bonds is 4. The maximum absolute atomic E-state index is 13.2. The predicted octanol–water partition coefficient (Wildman–Crippen LogP) is 3.80. The Kier molecular flexibility index (Phi) is 4.99. The van der Waals surface area contributed by atoms with Gasteiger partial charge in [-0.05, 0) is 35.4 Å². The number of nitrogens with one attached hydrogen (secondary N) is 1. The number of methoxy groups -OCH3 is 1. The highest BCUT2D eigenvalue weighted by Crippen LogP contribution is 2.33. The minimum atomic E-state index is -0.315. The molecule has 0 fully saturated rings. The Hall–Kier alpha value is -1.14. The third kappa shape index (κ3) is 3.12. The minimum Gasteiger partial charge on any atom is -0.495 e. The lowest BCUT2D eigenvalue weighted by molar-refractivity contribution is 0.414. The Morgan fingerprint density at radius 2 is 2.05 bits per heavy atom. The summed E-state index contributed by atoms with van der Waals surface area (Å²) in [6.45, 7) is 0. The first-order chi connectivity index (χ1) is 9.56. The molecule has 0 aliphatic rings. The fourth-order valence-corrected chi connectivity index (χ4v) is 2.73. The van der Waals surface area contributed by atoms with Gasteiger partial charge in [0.2, 0.25) is 0 Å². The van der Waals surface area contributed by atoms with Gasteiger partial charge < -0.3 is 4.74 Å². The van der Waals surface area contributed by atoms with Crippen molar-refractivity contribution in [3.8, 4) is 5.75 Å². The molecule has 0 saturated carbocycles. The van der Waals surface area contributed by atoms with Crippen molar-refractivity contribution >= 4 is 27.5 Å². The fraction of sp³-hybridized carbons (Fsp3) is 0.143. The zero-order valence-electron chi connectivity index (χ0n) is 10.7. The van der Waals surface area contributed by atoms with Gasteiger partial charge in [-0.2, -0.15) is 0 Å². The van der Waals surface area contributed by atoms with Crippen LogP contribution < -0.4 is 16.0 Å².